The van der Waals surface area contributed by atoms with Gasteiger partial charge in [-0.25, -0.2) is 9.37 Å². The van der Waals surface area contributed by atoms with Crippen molar-refractivity contribution in [1.82, 2.24) is 9.97 Å². The lowest BCUT2D eigenvalue weighted by Crippen LogP contribution is -2.10. The van der Waals surface area contributed by atoms with E-state index in [-0.39, 0.29) is 0 Å². The van der Waals surface area contributed by atoms with Gasteiger partial charge in [0.05, 0.1) is 12.8 Å². The van der Waals surface area contributed by atoms with Gasteiger partial charge in [-0.1, -0.05) is 25.2 Å². The fraction of sp³-hybridized carbons (Fsp3) is 0.286. The summed E-state index contributed by atoms with van der Waals surface area (Å²) in [5.74, 6) is 3.11. The Morgan fingerprint density at radius 3 is 2.73 bits per heavy atom. The van der Waals surface area contributed by atoms with E-state index in [9.17, 15) is 4.39 Å². The molecule has 1 aliphatic rings. The summed E-state index contributed by atoms with van der Waals surface area (Å²) in [6, 6.07) is 7.65. The van der Waals surface area contributed by atoms with Crippen LogP contribution in [0.1, 0.15) is 31.0 Å². The van der Waals surface area contributed by atoms with E-state index in [0.29, 0.717) is 23.2 Å². The summed E-state index contributed by atoms with van der Waals surface area (Å²) in [6.45, 7) is 3.33. The highest BCUT2D eigenvalue weighted by molar-refractivity contribution is 5.59. The first-order valence-electron chi connectivity index (χ1n) is 8.71. The molecule has 0 radical (unpaired) electrons. The van der Waals surface area contributed by atoms with Gasteiger partial charge in [0.15, 0.2) is 11.5 Å². The molecule has 0 aliphatic heterocycles. The lowest BCUT2D eigenvalue weighted by Gasteiger charge is -2.22. The fourth-order valence-electron chi connectivity index (χ4n) is 2.74. The predicted octanol–water partition coefficient (Wildman–Crippen LogP) is 5.29. The van der Waals surface area contributed by atoms with Crippen molar-refractivity contribution in [3.63, 3.8) is 0 Å². The van der Waals surface area contributed by atoms with E-state index in [1.807, 2.05) is 30.5 Å². The predicted molar refractivity (Wildman–Crippen MR) is 101 cm³/mol. The number of imidazole rings is 1. The molecule has 1 aromatic heterocycles. The number of hydrogen-bond donors (Lipinski definition) is 1. The number of aromatic nitrogens is 2. The van der Waals surface area contributed by atoms with Gasteiger partial charge in [-0.05, 0) is 43.2 Å². The molecule has 5 heteroatoms. The first-order chi connectivity index (χ1) is 12.7. The van der Waals surface area contributed by atoms with Crippen LogP contribution >= 0.6 is 0 Å². The number of ether oxygens (including phenoxy) is 2. The molecule has 0 unspecified atom stereocenters. The topological polar surface area (TPSA) is 47.1 Å². The highest BCUT2D eigenvalue weighted by Gasteiger charge is 2.22. The maximum absolute atomic E-state index is 12.1. The van der Waals surface area contributed by atoms with Crippen molar-refractivity contribution in [3.05, 3.63) is 72.6 Å². The molecule has 1 fully saturated rings. The quantitative estimate of drug-likeness (QED) is 0.517. The number of allylic oxidation sites excluding steroid dienone is 3. The Hall–Kier alpha value is -2.82. The van der Waals surface area contributed by atoms with Gasteiger partial charge in [-0.3, -0.25) is 0 Å². The Balaban J connectivity index is 1.65. The highest BCUT2D eigenvalue weighted by atomic mass is 19.1. The molecule has 0 bridgehead atoms. The van der Waals surface area contributed by atoms with Crippen molar-refractivity contribution < 1.29 is 13.9 Å². The minimum absolute atomic E-state index is 0.357. The number of H-pyrrole nitrogens is 1. The normalized spacial score (nSPS) is 15.1. The average molecular weight is 354 g/mol. The first-order valence-corrected chi connectivity index (χ1v) is 8.71. The highest BCUT2D eigenvalue weighted by Crippen LogP contribution is 2.35. The molecule has 4 nitrogen and oxygen atoms in total. The van der Waals surface area contributed by atoms with Crippen molar-refractivity contribution in [2.75, 3.05) is 13.8 Å². The summed E-state index contributed by atoms with van der Waals surface area (Å²) < 4.78 is 23.1. The smallest absolute Gasteiger partial charge is 0.162 e. The Bertz CT molecular complexity index is 802. The molecule has 136 valence electrons. The summed E-state index contributed by atoms with van der Waals surface area (Å²) in [7, 11) is 1.52. The van der Waals surface area contributed by atoms with Crippen LogP contribution in [0, 0.1) is 0 Å². The van der Waals surface area contributed by atoms with Crippen LogP contribution in [-0.4, -0.2) is 23.8 Å². The molecule has 26 heavy (non-hydrogen) atoms. The number of nitrogens with one attached hydrogen (secondary N) is 1. The van der Waals surface area contributed by atoms with Gasteiger partial charge in [0.25, 0.3) is 0 Å². The third-order valence-corrected chi connectivity index (χ3v) is 4.45. The molecule has 0 atom stereocenters. The number of halogens is 1. The Kier molecular flexibility index (Phi) is 5.89. The summed E-state index contributed by atoms with van der Waals surface area (Å²) in [4.78, 5) is 7.98. The molecule has 1 heterocycles. The molecular formula is C21H23FN2O2. The molecule has 1 saturated carbocycles. The number of aromatic amines is 1. The van der Waals surface area contributed by atoms with Crippen LogP contribution in [0.15, 0.2) is 66.8 Å². The van der Waals surface area contributed by atoms with Gasteiger partial charge in [0.1, 0.15) is 18.2 Å². The Labute approximate surface area is 153 Å². The number of nitrogens with zero attached hydrogens (tertiary/aromatic N) is 1. The fourth-order valence-corrected chi connectivity index (χ4v) is 2.74. The van der Waals surface area contributed by atoms with Crippen molar-refractivity contribution in [2.24, 2.45) is 0 Å². The van der Waals surface area contributed by atoms with Crippen molar-refractivity contribution in [2.45, 2.75) is 25.2 Å². The number of alkyl halides is 1. The Morgan fingerprint density at radius 2 is 2.12 bits per heavy atom. The van der Waals surface area contributed by atoms with E-state index >= 15 is 0 Å². The maximum atomic E-state index is 12.1. The minimum atomic E-state index is -0.530. The SMILES string of the molecule is C=C(Oc1ccc(-c2c[nH]c(C3CCC3)n2)cc1)/C(=C\C=C/CF)OC. The largest absolute Gasteiger partial charge is 0.493 e. The van der Waals surface area contributed by atoms with E-state index in [1.165, 1.54) is 32.4 Å². The standard InChI is InChI=1S/C21H23FN2O2/c1-15(20(25-2)8-3-4-13-22)26-18-11-9-16(10-12-18)19-14-23-21(24-19)17-6-5-7-17/h3-4,8-12,14,17H,1,5-7,13H2,2H3,(H,23,24)/b4-3-,20-8+. The Morgan fingerprint density at radius 1 is 1.35 bits per heavy atom. The minimum Gasteiger partial charge on any atom is -0.493 e. The molecule has 2 aromatic rings. The third kappa shape index (κ3) is 4.23. The zero-order valence-electron chi connectivity index (χ0n) is 14.9. The number of hydrogen-bond acceptors (Lipinski definition) is 3. The maximum Gasteiger partial charge on any atom is 0.162 e. The zero-order valence-corrected chi connectivity index (χ0v) is 14.9. The number of methoxy groups -OCH3 is 1. The lowest BCUT2D eigenvalue weighted by atomic mass is 9.85. The van der Waals surface area contributed by atoms with Gasteiger partial charge in [0, 0.05) is 17.7 Å². The number of benzene rings is 1. The zero-order chi connectivity index (χ0) is 18.4. The molecular weight excluding hydrogens is 331 g/mol. The van der Waals surface area contributed by atoms with E-state index in [1.54, 1.807) is 12.2 Å². The summed E-state index contributed by atoms with van der Waals surface area (Å²) >= 11 is 0. The third-order valence-electron chi connectivity index (χ3n) is 4.45. The van der Waals surface area contributed by atoms with Crippen LogP contribution in [0.4, 0.5) is 4.39 Å². The van der Waals surface area contributed by atoms with Crippen molar-refractivity contribution in [1.29, 1.82) is 0 Å². The lowest BCUT2D eigenvalue weighted by molar-refractivity contribution is 0.263. The van der Waals surface area contributed by atoms with Gasteiger partial charge in [-0.15, -0.1) is 0 Å². The molecule has 1 aromatic carbocycles. The molecule has 1 aliphatic carbocycles. The van der Waals surface area contributed by atoms with Crippen LogP contribution in [0.5, 0.6) is 5.75 Å². The van der Waals surface area contributed by atoms with Crippen molar-refractivity contribution >= 4 is 0 Å². The molecule has 0 amide bonds. The molecule has 0 saturated heterocycles. The van der Waals surface area contributed by atoms with Gasteiger partial charge in [-0.2, -0.15) is 0 Å². The van der Waals surface area contributed by atoms with Gasteiger partial charge in [0.2, 0.25) is 0 Å². The van der Waals surface area contributed by atoms with Crippen LogP contribution in [0.2, 0.25) is 0 Å². The van der Waals surface area contributed by atoms with E-state index < -0.39 is 6.67 Å². The van der Waals surface area contributed by atoms with Crippen LogP contribution < -0.4 is 4.74 Å². The van der Waals surface area contributed by atoms with Gasteiger partial charge < -0.3 is 14.5 Å². The average Bonchev–Trinajstić information content (AvgIpc) is 3.07. The second kappa shape index (κ2) is 8.52. The summed E-state index contributed by atoms with van der Waals surface area (Å²) in [5.41, 5.74) is 1.96. The van der Waals surface area contributed by atoms with E-state index in [4.69, 9.17) is 14.5 Å². The van der Waals surface area contributed by atoms with E-state index in [0.717, 1.165) is 17.1 Å². The van der Waals surface area contributed by atoms with Crippen molar-refractivity contribution in [3.8, 4) is 17.0 Å². The molecule has 3 rings (SSSR count). The summed E-state index contributed by atoms with van der Waals surface area (Å²) in [5, 5.41) is 0. The van der Waals surface area contributed by atoms with Crippen LogP contribution in [-0.2, 0) is 4.74 Å². The molecule has 0 spiro atoms. The molecule has 1 N–H and O–H groups in total. The van der Waals surface area contributed by atoms with E-state index in [2.05, 4.69) is 11.6 Å². The number of rotatable bonds is 8. The monoisotopic (exact) mass is 354 g/mol. The first kappa shape index (κ1) is 18.0. The van der Waals surface area contributed by atoms with Crippen LogP contribution in [0.25, 0.3) is 11.3 Å². The second-order valence-corrected chi connectivity index (χ2v) is 6.17. The van der Waals surface area contributed by atoms with Gasteiger partial charge >= 0.3 is 0 Å². The summed E-state index contributed by atoms with van der Waals surface area (Å²) in [6.07, 6.45) is 10.2. The second-order valence-electron chi connectivity index (χ2n) is 6.17. The van der Waals surface area contributed by atoms with Crippen LogP contribution in [0.3, 0.4) is 0 Å².